The molecule has 3 heterocycles. The largest absolute Gasteiger partial charge is 0.471 e. The molecule has 3 aromatic rings. The van der Waals surface area contributed by atoms with Gasteiger partial charge in [-0.05, 0) is 33.6 Å². The molecule has 1 fully saturated rings. The van der Waals surface area contributed by atoms with Crippen molar-refractivity contribution in [2.45, 2.75) is 51.4 Å². The standard InChI is InChI=1S/C22H22F3N5O3/c1-21(2,3)32-20(31)30-10-4-5-17(30)16-12-26-11-15(27-16)13-6-8-14(9-7-13)18-28-19(33-29-18)22(23,24)25/h6-9,11-12,17H,4-5,10H2,1-3H3/t17-/m0/s1. The van der Waals surface area contributed by atoms with Crippen LogP contribution in [0.15, 0.2) is 41.2 Å². The number of hydrogen-bond donors (Lipinski definition) is 0. The molecule has 1 amide bonds. The molecule has 1 saturated heterocycles. The second-order valence-corrected chi connectivity index (χ2v) is 8.66. The Kier molecular flexibility index (Phi) is 5.81. The molecular weight excluding hydrogens is 439 g/mol. The third-order valence-corrected chi connectivity index (χ3v) is 4.98. The van der Waals surface area contributed by atoms with Crippen LogP contribution in [0.4, 0.5) is 18.0 Å². The van der Waals surface area contributed by atoms with Crippen molar-refractivity contribution in [3.8, 4) is 22.6 Å². The highest BCUT2D eigenvalue weighted by Crippen LogP contribution is 2.33. The Balaban J connectivity index is 1.54. The molecule has 11 heteroatoms. The quantitative estimate of drug-likeness (QED) is 0.523. The molecule has 2 aromatic heterocycles. The van der Waals surface area contributed by atoms with E-state index >= 15 is 0 Å². The highest BCUT2D eigenvalue weighted by atomic mass is 19.4. The number of carbonyl (C=O) groups is 1. The van der Waals surface area contributed by atoms with Gasteiger partial charge < -0.3 is 9.26 Å². The summed E-state index contributed by atoms with van der Waals surface area (Å²) in [4.78, 5) is 26.6. The van der Waals surface area contributed by atoms with Gasteiger partial charge in [0.15, 0.2) is 0 Å². The first-order valence-corrected chi connectivity index (χ1v) is 10.3. The SMILES string of the molecule is CC(C)(C)OC(=O)N1CCC[C@H]1c1cncc(-c2ccc(-c3noc(C(F)(F)F)n3)cc2)n1. The Bertz CT molecular complexity index is 1140. The summed E-state index contributed by atoms with van der Waals surface area (Å²) in [5.74, 6) is -1.56. The Morgan fingerprint density at radius 2 is 1.79 bits per heavy atom. The number of aromatic nitrogens is 4. The van der Waals surface area contributed by atoms with Gasteiger partial charge in [-0.2, -0.15) is 18.2 Å². The summed E-state index contributed by atoms with van der Waals surface area (Å²) in [7, 11) is 0. The molecule has 1 aliphatic rings. The van der Waals surface area contributed by atoms with Crippen LogP contribution >= 0.6 is 0 Å². The first-order chi connectivity index (χ1) is 15.5. The van der Waals surface area contributed by atoms with Crippen LogP contribution in [0.2, 0.25) is 0 Å². The van der Waals surface area contributed by atoms with Gasteiger partial charge in [-0.25, -0.2) is 9.78 Å². The van der Waals surface area contributed by atoms with Gasteiger partial charge in [-0.3, -0.25) is 9.88 Å². The number of amides is 1. The minimum Gasteiger partial charge on any atom is -0.444 e. The van der Waals surface area contributed by atoms with Gasteiger partial charge in [0, 0.05) is 17.7 Å². The number of rotatable bonds is 3. The average molecular weight is 461 g/mol. The minimum atomic E-state index is -4.70. The molecule has 0 bridgehead atoms. The average Bonchev–Trinajstić information content (AvgIpc) is 3.43. The summed E-state index contributed by atoms with van der Waals surface area (Å²) in [5.41, 5.74) is 1.69. The van der Waals surface area contributed by atoms with E-state index < -0.39 is 17.7 Å². The molecule has 0 radical (unpaired) electrons. The van der Waals surface area contributed by atoms with Crippen molar-refractivity contribution in [1.29, 1.82) is 0 Å². The number of nitrogens with zero attached hydrogens (tertiary/aromatic N) is 5. The van der Waals surface area contributed by atoms with Crippen LogP contribution < -0.4 is 0 Å². The van der Waals surface area contributed by atoms with Crippen LogP contribution in [0.5, 0.6) is 0 Å². The van der Waals surface area contributed by atoms with Gasteiger partial charge in [0.2, 0.25) is 5.82 Å². The predicted octanol–water partition coefficient (Wildman–Crippen LogP) is 5.28. The highest BCUT2D eigenvalue weighted by Gasteiger charge is 2.38. The molecule has 1 aromatic carbocycles. The topological polar surface area (TPSA) is 94.2 Å². The molecule has 0 N–H and O–H groups in total. The summed E-state index contributed by atoms with van der Waals surface area (Å²) in [5, 5.41) is 3.39. The lowest BCUT2D eigenvalue weighted by molar-refractivity contribution is -0.159. The van der Waals surface area contributed by atoms with E-state index in [1.54, 1.807) is 41.6 Å². The van der Waals surface area contributed by atoms with Gasteiger partial charge in [0.05, 0.1) is 29.8 Å². The van der Waals surface area contributed by atoms with Crippen molar-refractivity contribution < 1.29 is 27.2 Å². The van der Waals surface area contributed by atoms with Gasteiger partial charge in [-0.1, -0.05) is 29.4 Å². The Morgan fingerprint density at radius 3 is 2.42 bits per heavy atom. The number of halogens is 3. The van der Waals surface area contributed by atoms with Crippen molar-refractivity contribution in [1.82, 2.24) is 25.0 Å². The van der Waals surface area contributed by atoms with E-state index in [-0.39, 0.29) is 18.0 Å². The maximum Gasteiger partial charge on any atom is 0.471 e. The lowest BCUT2D eigenvalue weighted by Crippen LogP contribution is -2.36. The summed E-state index contributed by atoms with van der Waals surface area (Å²) >= 11 is 0. The normalized spacial score (nSPS) is 16.8. The molecule has 1 aliphatic heterocycles. The van der Waals surface area contributed by atoms with Crippen molar-refractivity contribution in [3.63, 3.8) is 0 Å². The van der Waals surface area contributed by atoms with Crippen molar-refractivity contribution in [2.24, 2.45) is 0 Å². The first-order valence-electron chi connectivity index (χ1n) is 10.3. The third kappa shape index (κ3) is 5.12. The zero-order valence-corrected chi connectivity index (χ0v) is 18.3. The maximum atomic E-state index is 12.7. The Morgan fingerprint density at radius 1 is 1.09 bits per heavy atom. The van der Waals surface area contributed by atoms with Crippen LogP contribution in [0.3, 0.4) is 0 Å². The third-order valence-electron chi connectivity index (χ3n) is 4.98. The van der Waals surface area contributed by atoms with Crippen LogP contribution in [-0.4, -0.2) is 43.2 Å². The summed E-state index contributed by atoms with van der Waals surface area (Å²) in [6.45, 7) is 6.03. The number of benzene rings is 1. The molecule has 8 nitrogen and oxygen atoms in total. The van der Waals surface area contributed by atoms with Crippen LogP contribution in [-0.2, 0) is 10.9 Å². The van der Waals surface area contributed by atoms with E-state index in [9.17, 15) is 18.0 Å². The lowest BCUT2D eigenvalue weighted by Gasteiger charge is -2.28. The summed E-state index contributed by atoms with van der Waals surface area (Å²) in [6, 6.07) is 6.29. The van der Waals surface area contributed by atoms with Crippen molar-refractivity contribution in [3.05, 3.63) is 48.2 Å². The van der Waals surface area contributed by atoms with Gasteiger partial charge in [-0.15, -0.1) is 0 Å². The molecule has 174 valence electrons. The van der Waals surface area contributed by atoms with E-state index in [1.165, 1.54) is 0 Å². The fraction of sp³-hybridized carbons (Fsp3) is 0.409. The predicted molar refractivity (Wildman–Crippen MR) is 111 cm³/mol. The monoisotopic (exact) mass is 461 g/mol. The maximum absolute atomic E-state index is 12.7. The van der Waals surface area contributed by atoms with Crippen LogP contribution in [0.1, 0.15) is 51.2 Å². The van der Waals surface area contributed by atoms with E-state index in [1.807, 2.05) is 20.8 Å². The van der Waals surface area contributed by atoms with Gasteiger partial charge in [0.1, 0.15) is 5.60 Å². The zero-order valence-electron chi connectivity index (χ0n) is 18.3. The van der Waals surface area contributed by atoms with Crippen LogP contribution in [0.25, 0.3) is 22.6 Å². The number of carbonyl (C=O) groups excluding carboxylic acids is 1. The van der Waals surface area contributed by atoms with E-state index in [0.29, 0.717) is 29.1 Å². The van der Waals surface area contributed by atoms with Crippen LogP contribution in [0, 0.1) is 0 Å². The number of ether oxygens (including phenoxy) is 1. The molecule has 0 saturated carbocycles. The Labute approximate surface area is 187 Å². The molecule has 0 aliphatic carbocycles. The fourth-order valence-corrected chi connectivity index (χ4v) is 3.54. The van der Waals surface area contributed by atoms with Gasteiger partial charge in [0.25, 0.3) is 0 Å². The zero-order chi connectivity index (χ0) is 23.8. The van der Waals surface area contributed by atoms with E-state index in [4.69, 9.17) is 4.74 Å². The second-order valence-electron chi connectivity index (χ2n) is 8.66. The molecule has 1 atom stereocenters. The number of likely N-dealkylation sites (tertiary alicyclic amines) is 1. The van der Waals surface area contributed by atoms with E-state index in [2.05, 4.69) is 24.6 Å². The summed E-state index contributed by atoms with van der Waals surface area (Å²) in [6.07, 6.45) is -0.302. The number of hydrogen-bond acceptors (Lipinski definition) is 7. The first kappa shape index (κ1) is 22.7. The van der Waals surface area contributed by atoms with Crippen molar-refractivity contribution in [2.75, 3.05) is 6.54 Å². The summed E-state index contributed by atoms with van der Waals surface area (Å²) < 4.78 is 47.8. The van der Waals surface area contributed by atoms with Crippen molar-refractivity contribution >= 4 is 6.09 Å². The van der Waals surface area contributed by atoms with Gasteiger partial charge >= 0.3 is 18.2 Å². The van der Waals surface area contributed by atoms with E-state index in [0.717, 1.165) is 12.8 Å². The fourth-order valence-electron chi connectivity index (χ4n) is 3.54. The highest BCUT2D eigenvalue weighted by molar-refractivity contribution is 5.69. The molecule has 0 unspecified atom stereocenters. The minimum absolute atomic E-state index is 0.160. The smallest absolute Gasteiger partial charge is 0.444 e. The molecule has 4 rings (SSSR count). The molecule has 33 heavy (non-hydrogen) atoms. The number of alkyl halides is 3. The second kappa shape index (κ2) is 8.45. The molecule has 0 spiro atoms. The lowest BCUT2D eigenvalue weighted by atomic mass is 10.1. The Hall–Kier alpha value is -3.50. The molecular formula is C22H22F3N5O3.